The highest BCUT2D eigenvalue weighted by atomic mass is 16.5. The van der Waals surface area contributed by atoms with Crippen molar-refractivity contribution >= 4 is 5.78 Å². The number of carbonyl (C=O) groups is 1. The minimum atomic E-state index is -0.592. The molecule has 80 valence electrons. The van der Waals surface area contributed by atoms with Crippen LogP contribution in [0.2, 0.25) is 0 Å². The van der Waals surface area contributed by atoms with Crippen molar-refractivity contribution in [2.45, 2.75) is 38.1 Å². The Bertz CT molecular complexity index is 227. The summed E-state index contributed by atoms with van der Waals surface area (Å²) in [6, 6.07) is 0. The largest absolute Gasteiger partial charge is 0.381 e. The minimum Gasteiger partial charge on any atom is -0.381 e. The SMILES string of the molecule is CC(N)(C(=O)C1CCCOC1)C1CC1. The molecule has 3 heteroatoms. The van der Waals surface area contributed by atoms with Gasteiger partial charge in [0.25, 0.3) is 0 Å². The highest BCUT2D eigenvalue weighted by molar-refractivity contribution is 5.90. The summed E-state index contributed by atoms with van der Waals surface area (Å²) in [6.45, 7) is 3.27. The molecule has 2 aliphatic rings. The molecular weight excluding hydrogens is 178 g/mol. The molecule has 1 saturated carbocycles. The Morgan fingerprint density at radius 1 is 1.43 bits per heavy atom. The van der Waals surface area contributed by atoms with E-state index in [1.807, 2.05) is 6.92 Å². The molecule has 2 atom stereocenters. The molecule has 2 unspecified atom stereocenters. The molecule has 1 heterocycles. The fraction of sp³-hybridized carbons (Fsp3) is 0.909. The molecule has 2 rings (SSSR count). The number of ether oxygens (including phenoxy) is 1. The first-order chi connectivity index (χ1) is 6.62. The third-order valence-electron chi connectivity index (χ3n) is 3.49. The van der Waals surface area contributed by atoms with Crippen molar-refractivity contribution in [3.05, 3.63) is 0 Å². The molecular formula is C11H19NO2. The van der Waals surface area contributed by atoms with Crippen LogP contribution in [0.1, 0.15) is 32.6 Å². The summed E-state index contributed by atoms with van der Waals surface area (Å²) in [5, 5.41) is 0. The molecule has 0 amide bonds. The zero-order valence-corrected chi connectivity index (χ0v) is 8.79. The number of ketones is 1. The van der Waals surface area contributed by atoms with Crippen LogP contribution in [0.25, 0.3) is 0 Å². The van der Waals surface area contributed by atoms with Crippen molar-refractivity contribution in [1.82, 2.24) is 0 Å². The zero-order valence-electron chi connectivity index (χ0n) is 8.79. The van der Waals surface area contributed by atoms with Crippen molar-refractivity contribution in [3.63, 3.8) is 0 Å². The number of rotatable bonds is 3. The van der Waals surface area contributed by atoms with Gasteiger partial charge in [0.05, 0.1) is 12.1 Å². The molecule has 0 spiro atoms. The van der Waals surface area contributed by atoms with Crippen molar-refractivity contribution < 1.29 is 9.53 Å². The average Bonchev–Trinajstić information content (AvgIpc) is 3.01. The van der Waals surface area contributed by atoms with Crippen molar-refractivity contribution in [1.29, 1.82) is 0 Å². The van der Waals surface area contributed by atoms with Gasteiger partial charge in [-0.25, -0.2) is 0 Å². The Morgan fingerprint density at radius 3 is 2.64 bits per heavy atom. The number of hydrogen-bond donors (Lipinski definition) is 1. The maximum atomic E-state index is 12.1. The molecule has 2 fully saturated rings. The van der Waals surface area contributed by atoms with Crippen LogP contribution < -0.4 is 5.73 Å². The van der Waals surface area contributed by atoms with Crippen LogP contribution in [0.3, 0.4) is 0 Å². The molecule has 0 radical (unpaired) electrons. The van der Waals surface area contributed by atoms with E-state index in [0.717, 1.165) is 32.3 Å². The number of carbonyl (C=O) groups excluding carboxylic acids is 1. The van der Waals surface area contributed by atoms with Crippen LogP contribution in [0.4, 0.5) is 0 Å². The van der Waals surface area contributed by atoms with E-state index < -0.39 is 5.54 Å². The molecule has 1 saturated heterocycles. The number of nitrogens with two attached hydrogens (primary N) is 1. The Hall–Kier alpha value is -0.410. The van der Waals surface area contributed by atoms with Gasteiger partial charge in [0, 0.05) is 12.5 Å². The van der Waals surface area contributed by atoms with Crippen molar-refractivity contribution in [2.24, 2.45) is 17.6 Å². The number of hydrogen-bond acceptors (Lipinski definition) is 3. The molecule has 14 heavy (non-hydrogen) atoms. The highest BCUT2D eigenvalue weighted by Crippen LogP contribution is 2.40. The first-order valence-electron chi connectivity index (χ1n) is 5.53. The van der Waals surface area contributed by atoms with Gasteiger partial charge < -0.3 is 10.5 Å². The quantitative estimate of drug-likeness (QED) is 0.737. The second-order valence-corrected chi connectivity index (χ2v) is 4.84. The van der Waals surface area contributed by atoms with Gasteiger partial charge in [-0.1, -0.05) is 0 Å². The summed E-state index contributed by atoms with van der Waals surface area (Å²) in [5.74, 6) is 0.705. The first-order valence-corrected chi connectivity index (χ1v) is 5.53. The van der Waals surface area contributed by atoms with E-state index in [1.165, 1.54) is 0 Å². The lowest BCUT2D eigenvalue weighted by atomic mass is 9.82. The Kier molecular flexibility index (Phi) is 2.62. The average molecular weight is 197 g/mol. The third kappa shape index (κ3) is 1.84. The minimum absolute atomic E-state index is 0.0550. The maximum Gasteiger partial charge on any atom is 0.158 e. The van der Waals surface area contributed by atoms with Gasteiger partial charge in [-0.05, 0) is 38.5 Å². The Morgan fingerprint density at radius 2 is 2.14 bits per heavy atom. The standard InChI is InChI=1S/C11H19NO2/c1-11(12,9-4-5-9)10(13)8-3-2-6-14-7-8/h8-9H,2-7,12H2,1H3. The monoisotopic (exact) mass is 197 g/mol. The maximum absolute atomic E-state index is 12.1. The molecule has 2 N–H and O–H groups in total. The van der Waals surface area contributed by atoms with E-state index in [9.17, 15) is 4.79 Å². The van der Waals surface area contributed by atoms with E-state index in [2.05, 4.69) is 0 Å². The first kappa shape index (κ1) is 10.1. The van der Waals surface area contributed by atoms with E-state index >= 15 is 0 Å². The Balaban J connectivity index is 1.98. The smallest absolute Gasteiger partial charge is 0.158 e. The third-order valence-corrected chi connectivity index (χ3v) is 3.49. The van der Waals surface area contributed by atoms with E-state index in [1.54, 1.807) is 0 Å². The lowest BCUT2D eigenvalue weighted by Gasteiger charge is -2.30. The predicted molar refractivity (Wildman–Crippen MR) is 53.9 cm³/mol. The lowest BCUT2D eigenvalue weighted by molar-refractivity contribution is -0.132. The van der Waals surface area contributed by atoms with Gasteiger partial charge in [-0.2, -0.15) is 0 Å². The van der Waals surface area contributed by atoms with Crippen LogP contribution >= 0.6 is 0 Å². The fourth-order valence-corrected chi connectivity index (χ4v) is 2.27. The topological polar surface area (TPSA) is 52.3 Å². The molecule has 1 aliphatic carbocycles. The summed E-state index contributed by atoms with van der Waals surface area (Å²) >= 11 is 0. The van der Waals surface area contributed by atoms with Crippen LogP contribution in [-0.4, -0.2) is 24.5 Å². The van der Waals surface area contributed by atoms with Gasteiger partial charge >= 0.3 is 0 Å². The summed E-state index contributed by atoms with van der Waals surface area (Å²) in [5.41, 5.74) is 5.50. The van der Waals surface area contributed by atoms with E-state index in [0.29, 0.717) is 12.5 Å². The molecule has 3 nitrogen and oxygen atoms in total. The zero-order chi connectivity index (χ0) is 10.2. The molecule has 0 aromatic rings. The van der Waals surface area contributed by atoms with Gasteiger partial charge in [-0.3, -0.25) is 4.79 Å². The molecule has 1 aliphatic heterocycles. The molecule has 0 bridgehead atoms. The summed E-state index contributed by atoms with van der Waals surface area (Å²) in [4.78, 5) is 12.1. The van der Waals surface area contributed by atoms with Crippen LogP contribution in [0.5, 0.6) is 0 Å². The van der Waals surface area contributed by atoms with Crippen LogP contribution in [0.15, 0.2) is 0 Å². The van der Waals surface area contributed by atoms with Gasteiger partial charge in [0.1, 0.15) is 0 Å². The summed E-state index contributed by atoms with van der Waals surface area (Å²) < 4.78 is 5.32. The van der Waals surface area contributed by atoms with Crippen LogP contribution in [0, 0.1) is 11.8 Å². The Labute approximate surface area is 85.0 Å². The van der Waals surface area contributed by atoms with Gasteiger partial charge in [0.2, 0.25) is 0 Å². The van der Waals surface area contributed by atoms with E-state index in [4.69, 9.17) is 10.5 Å². The molecule has 0 aromatic carbocycles. The van der Waals surface area contributed by atoms with E-state index in [-0.39, 0.29) is 11.7 Å². The number of Topliss-reactive ketones (excluding diaryl/α,β-unsaturated/α-hetero) is 1. The lowest BCUT2D eigenvalue weighted by Crippen LogP contribution is -2.51. The highest BCUT2D eigenvalue weighted by Gasteiger charge is 2.46. The second kappa shape index (κ2) is 3.63. The van der Waals surface area contributed by atoms with Crippen molar-refractivity contribution in [2.75, 3.05) is 13.2 Å². The summed E-state index contributed by atoms with van der Waals surface area (Å²) in [7, 11) is 0. The van der Waals surface area contributed by atoms with Crippen LogP contribution in [-0.2, 0) is 9.53 Å². The predicted octanol–water partition coefficient (Wildman–Crippen LogP) is 1.11. The molecule has 0 aromatic heterocycles. The summed E-state index contributed by atoms with van der Waals surface area (Å²) in [6.07, 6.45) is 4.19. The van der Waals surface area contributed by atoms with Gasteiger partial charge in [0.15, 0.2) is 5.78 Å². The van der Waals surface area contributed by atoms with Gasteiger partial charge in [-0.15, -0.1) is 0 Å². The van der Waals surface area contributed by atoms with Crippen molar-refractivity contribution in [3.8, 4) is 0 Å². The fourth-order valence-electron chi connectivity index (χ4n) is 2.27. The second-order valence-electron chi connectivity index (χ2n) is 4.84. The normalized spacial score (nSPS) is 32.3.